The Hall–Kier alpha value is -1.20. The van der Waals surface area contributed by atoms with Gasteiger partial charge in [0.15, 0.2) is 5.65 Å². The molecule has 0 saturated carbocycles. The number of hydrogen-bond donors (Lipinski definition) is 0. The van der Waals surface area contributed by atoms with Crippen molar-refractivity contribution in [3.8, 4) is 0 Å². The summed E-state index contributed by atoms with van der Waals surface area (Å²) in [6.07, 6.45) is 1.69. The molecule has 0 radical (unpaired) electrons. The van der Waals surface area contributed by atoms with Gasteiger partial charge in [0.2, 0.25) is 0 Å². The lowest BCUT2D eigenvalue weighted by atomic mass is 10.4. The molecule has 0 N–H and O–H groups in total. The third-order valence-corrected chi connectivity index (χ3v) is 2.83. The first-order chi connectivity index (χ1) is 7.61. The van der Waals surface area contributed by atoms with Crippen LogP contribution >= 0.6 is 11.6 Å². The highest BCUT2D eigenvalue weighted by molar-refractivity contribution is 6.33. The van der Waals surface area contributed by atoms with Crippen LogP contribution in [-0.4, -0.2) is 38.2 Å². The Kier molecular flexibility index (Phi) is 3.07. The van der Waals surface area contributed by atoms with Gasteiger partial charge in [-0.2, -0.15) is 5.10 Å². The molecular weight excluding hydrogens is 226 g/mol. The molecule has 0 bridgehead atoms. The van der Waals surface area contributed by atoms with Crippen LogP contribution in [0.5, 0.6) is 0 Å². The fraction of sp³-hybridized carbons (Fsp3) is 0.500. The summed E-state index contributed by atoms with van der Waals surface area (Å²) in [5.74, 6) is 0.727. The van der Waals surface area contributed by atoms with Gasteiger partial charge in [0.25, 0.3) is 0 Å². The van der Waals surface area contributed by atoms with Crippen molar-refractivity contribution in [3.05, 3.63) is 17.2 Å². The monoisotopic (exact) mass is 239 g/mol. The second kappa shape index (κ2) is 4.35. The van der Waals surface area contributed by atoms with Crippen LogP contribution in [0.4, 0.5) is 0 Å². The van der Waals surface area contributed by atoms with Crippen molar-refractivity contribution in [2.24, 2.45) is 7.05 Å². The summed E-state index contributed by atoms with van der Waals surface area (Å²) in [4.78, 5) is 10.8. The minimum atomic E-state index is 0.470. The molecule has 0 aliphatic carbocycles. The first-order valence-corrected chi connectivity index (χ1v) is 5.52. The first-order valence-electron chi connectivity index (χ1n) is 5.14. The lowest BCUT2D eigenvalue weighted by Gasteiger charge is -2.12. The largest absolute Gasteiger partial charge is 0.299 e. The fourth-order valence-corrected chi connectivity index (χ4v) is 1.68. The molecule has 2 rings (SSSR count). The van der Waals surface area contributed by atoms with E-state index in [0.29, 0.717) is 11.7 Å². The molecule has 2 aromatic rings. The summed E-state index contributed by atoms with van der Waals surface area (Å²) in [7, 11) is 3.86. The Morgan fingerprint density at radius 1 is 1.44 bits per heavy atom. The van der Waals surface area contributed by atoms with E-state index < -0.39 is 0 Å². The van der Waals surface area contributed by atoms with Crippen LogP contribution in [0.3, 0.4) is 0 Å². The molecule has 0 aromatic carbocycles. The van der Waals surface area contributed by atoms with Gasteiger partial charge in [-0.1, -0.05) is 18.5 Å². The maximum Gasteiger partial charge on any atom is 0.162 e. The molecule has 2 aromatic heterocycles. The van der Waals surface area contributed by atoms with Crippen LogP contribution < -0.4 is 0 Å². The number of rotatable bonds is 3. The Labute approximate surface area is 99.0 Å². The van der Waals surface area contributed by atoms with Gasteiger partial charge in [-0.05, 0) is 13.6 Å². The van der Waals surface area contributed by atoms with Crippen molar-refractivity contribution in [2.75, 3.05) is 13.6 Å². The molecule has 0 aliphatic heterocycles. The average Bonchev–Trinajstić information content (AvgIpc) is 2.61. The second-order valence-electron chi connectivity index (χ2n) is 3.77. The molecular formula is C10H14ClN5. The Morgan fingerprint density at radius 2 is 2.19 bits per heavy atom. The molecule has 5 nitrogen and oxygen atoms in total. The van der Waals surface area contributed by atoms with Crippen LogP contribution in [0.15, 0.2) is 6.20 Å². The molecule has 0 spiro atoms. The highest BCUT2D eigenvalue weighted by atomic mass is 35.5. The summed E-state index contributed by atoms with van der Waals surface area (Å²) in [6, 6.07) is 0. The van der Waals surface area contributed by atoms with Crippen molar-refractivity contribution in [2.45, 2.75) is 13.5 Å². The number of fused-ring (bicyclic) bond motifs is 1. The predicted molar refractivity (Wildman–Crippen MR) is 63.3 cm³/mol. The standard InChI is InChI=1S/C10H14ClN5/c1-4-15(2)6-8-13-9(11)7-5-12-16(3)10(7)14-8/h5H,4,6H2,1-3H3. The topological polar surface area (TPSA) is 46.8 Å². The SMILES string of the molecule is CCN(C)Cc1nc(Cl)c2cnn(C)c2n1. The zero-order chi connectivity index (χ0) is 11.7. The van der Waals surface area contributed by atoms with Crippen LogP contribution in [0.2, 0.25) is 5.15 Å². The summed E-state index contributed by atoms with van der Waals surface area (Å²) in [5, 5.41) is 5.38. The number of aromatic nitrogens is 4. The van der Waals surface area contributed by atoms with Gasteiger partial charge in [-0.3, -0.25) is 9.58 Å². The van der Waals surface area contributed by atoms with Crippen molar-refractivity contribution in [1.29, 1.82) is 0 Å². The van der Waals surface area contributed by atoms with Gasteiger partial charge in [0, 0.05) is 7.05 Å². The van der Waals surface area contributed by atoms with Crippen molar-refractivity contribution in [1.82, 2.24) is 24.6 Å². The lowest BCUT2D eigenvalue weighted by Crippen LogP contribution is -2.18. The molecule has 16 heavy (non-hydrogen) atoms. The normalized spacial score (nSPS) is 11.6. The summed E-state index contributed by atoms with van der Waals surface area (Å²) < 4.78 is 1.71. The molecule has 0 saturated heterocycles. The lowest BCUT2D eigenvalue weighted by molar-refractivity contribution is 0.336. The fourth-order valence-electron chi connectivity index (χ4n) is 1.45. The van der Waals surface area contributed by atoms with E-state index in [2.05, 4.69) is 26.9 Å². The molecule has 86 valence electrons. The molecule has 0 aliphatic rings. The van der Waals surface area contributed by atoms with Gasteiger partial charge >= 0.3 is 0 Å². The van der Waals surface area contributed by atoms with Crippen molar-refractivity contribution >= 4 is 22.6 Å². The molecule has 0 atom stereocenters. The third kappa shape index (κ3) is 2.01. The number of halogens is 1. The van der Waals surface area contributed by atoms with E-state index in [9.17, 15) is 0 Å². The van der Waals surface area contributed by atoms with E-state index in [1.54, 1.807) is 10.9 Å². The van der Waals surface area contributed by atoms with E-state index >= 15 is 0 Å². The van der Waals surface area contributed by atoms with Gasteiger partial charge < -0.3 is 0 Å². The van der Waals surface area contributed by atoms with E-state index in [0.717, 1.165) is 23.4 Å². The zero-order valence-corrected chi connectivity index (χ0v) is 10.4. The summed E-state index contributed by atoms with van der Waals surface area (Å²) in [5.41, 5.74) is 0.777. The average molecular weight is 240 g/mol. The van der Waals surface area contributed by atoms with E-state index in [4.69, 9.17) is 11.6 Å². The van der Waals surface area contributed by atoms with Crippen LogP contribution in [-0.2, 0) is 13.6 Å². The summed E-state index contributed by atoms with van der Waals surface area (Å²) in [6.45, 7) is 3.73. The minimum absolute atomic E-state index is 0.470. The van der Waals surface area contributed by atoms with Gasteiger partial charge in [0.1, 0.15) is 11.0 Å². The van der Waals surface area contributed by atoms with Crippen LogP contribution in [0.25, 0.3) is 11.0 Å². The highest BCUT2D eigenvalue weighted by Gasteiger charge is 2.10. The molecule has 2 heterocycles. The molecule has 0 unspecified atom stereocenters. The van der Waals surface area contributed by atoms with E-state index in [1.165, 1.54) is 0 Å². The maximum absolute atomic E-state index is 6.08. The molecule has 6 heteroatoms. The first kappa shape index (κ1) is 11.3. The molecule has 0 amide bonds. The minimum Gasteiger partial charge on any atom is -0.299 e. The van der Waals surface area contributed by atoms with Crippen molar-refractivity contribution < 1.29 is 0 Å². The van der Waals surface area contributed by atoms with Crippen molar-refractivity contribution in [3.63, 3.8) is 0 Å². The van der Waals surface area contributed by atoms with Gasteiger partial charge in [-0.25, -0.2) is 9.97 Å². The van der Waals surface area contributed by atoms with Crippen LogP contribution in [0.1, 0.15) is 12.7 Å². The third-order valence-electron chi connectivity index (χ3n) is 2.54. The van der Waals surface area contributed by atoms with Gasteiger partial charge in [-0.15, -0.1) is 0 Å². The number of hydrogen-bond acceptors (Lipinski definition) is 4. The molecule has 0 fully saturated rings. The second-order valence-corrected chi connectivity index (χ2v) is 4.12. The number of nitrogens with zero attached hydrogens (tertiary/aromatic N) is 5. The quantitative estimate of drug-likeness (QED) is 0.761. The maximum atomic E-state index is 6.08. The number of aryl methyl sites for hydroxylation is 1. The van der Waals surface area contributed by atoms with Crippen LogP contribution in [0, 0.1) is 0 Å². The summed E-state index contributed by atoms with van der Waals surface area (Å²) >= 11 is 6.08. The highest BCUT2D eigenvalue weighted by Crippen LogP contribution is 2.19. The Balaban J connectivity index is 2.44. The predicted octanol–water partition coefficient (Wildman–Crippen LogP) is 1.47. The Morgan fingerprint density at radius 3 is 2.88 bits per heavy atom. The van der Waals surface area contributed by atoms with E-state index in [1.807, 2.05) is 14.1 Å². The smallest absolute Gasteiger partial charge is 0.162 e. The van der Waals surface area contributed by atoms with Gasteiger partial charge in [0.05, 0.1) is 18.1 Å². The Bertz CT molecular complexity index is 507. The zero-order valence-electron chi connectivity index (χ0n) is 9.61. The van der Waals surface area contributed by atoms with E-state index in [-0.39, 0.29) is 0 Å².